The summed E-state index contributed by atoms with van der Waals surface area (Å²) in [5, 5.41) is 17.9. The molecule has 0 saturated carbocycles. The van der Waals surface area contributed by atoms with Crippen molar-refractivity contribution >= 4 is 10.8 Å². The normalized spacial score (nSPS) is 14.8. The molecule has 0 aliphatic carbocycles. The molecule has 2 atom stereocenters. The van der Waals surface area contributed by atoms with Crippen molar-refractivity contribution in [3.8, 4) is 0 Å². The summed E-state index contributed by atoms with van der Waals surface area (Å²) in [5.41, 5.74) is 3.31. The molecule has 90 valence electrons. The van der Waals surface area contributed by atoms with Crippen LogP contribution in [0.1, 0.15) is 16.7 Å². The highest BCUT2D eigenvalue weighted by molar-refractivity contribution is 7.84. The Hall–Kier alpha value is -0.710. The van der Waals surface area contributed by atoms with E-state index < -0.39 is 16.9 Å². The van der Waals surface area contributed by atoms with Gasteiger partial charge in [-0.1, -0.05) is 18.2 Å². The van der Waals surface area contributed by atoms with E-state index in [0.29, 0.717) is 5.75 Å². The third-order valence-corrected chi connectivity index (χ3v) is 3.91. The van der Waals surface area contributed by atoms with Crippen LogP contribution in [0.4, 0.5) is 0 Å². The van der Waals surface area contributed by atoms with Crippen LogP contribution < -0.4 is 0 Å². The number of aliphatic hydroxyl groups is 2. The van der Waals surface area contributed by atoms with Gasteiger partial charge in [0.15, 0.2) is 0 Å². The second kappa shape index (κ2) is 6.13. The van der Waals surface area contributed by atoms with E-state index in [1.807, 2.05) is 32.0 Å². The zero-order chi connectivity index (χ0) is 12.1. The molecule has 0 saturated heterocycles. The molecule has 0 aliphatic heterocycles. The van der Waals surface area contributed by atoms with Crippen molar-refractivity contribution in [2.75, 3.05) is 12.4 Å². The largest absolute Gasteiger partial charge is 0.394 e. The van der Waals surface area contributed by atoms with Crippen molar-refractivity contribution in [3.05, 3.63) is 34.9 Å². The molecule has 16 heavy (non-hydrogen) atoms. The maximum atomic E-state index is 11.7. The second-order valence-electron chi connectivity index (χ2n) is 3.96. The third-order valence-electron chi connectivity index (χ3n) is 2.54. The summed E-state index contributed by atoms with van der Waals surface area (Å²) >= 11 is 0. The Labute approximate surface area is 98.6 Å². The third kappa shape index (κ3) is 3.70. The van der Waals surface area contributed by atoms with Crippen molar-refractivity contribution in [3.63, 3.8) is 0 Å². The Bertz CT molecular complexity index is 356. The lowest BCUT2D eigenvalue weighted by molar-refractivity contribution is 0.113. The van der Waals surface area contributed by atoms with Gasteiger partial charge in [0.2, 0.25) is 0 Å². The Morgan fingerprint density at radius 1 is 1.31 bits per heavy atom. The van der Waals surface area contributed by atoms with Crippen molar-refractivity contribution in [1.82, 2.24) is 0 Å². The average Bonchev–Trinajstić information content (AvgIpc) is 2.23. The standard InChI is InChI=1S/C12H18O3S/c1-9-4-3-5-10(2)12(9)8-16(15)7-11(14)6-13/h3-5,11,13-14H,6-8H2,1-2H3. The SMILES string of the molecule is Cc1cccc(C)c1CS(=O)CC(O)CO. The summed E-state index contributed by atoms with van der Waals surface area (Å²) < 4.78 is 11.7. The molecule has 0 fully saturated rings. The predicted molar refractivity (Wildman–Crippen MR) is 65.7 cm³/mol. The highest BCUT2D eigenvalue weighted by Gasteiger charge is 2.11. The Balaban J connectivity index is 2.70. The van der Waals surface area contributed by atoms with E-state index in [1.165, 1.54) is 0 Å². The van der Waals surface area contributed by atoms with Crippen molar-refractivity contribution < 1.29 is 14.4 Å². The van der Waals surface area contributed by atoms with Gasteiger partial charge >= 0.3 is 0 Å². The molecule has 1 aromatic rings. The molecule has 0 heterocycles. The lowest BCUT2D eigenvalue weighted by atomic mass is 10.1. The first-order chi connectivity index (χ1) is 7.54. The molecule has 0 aliphatic rings. The molecule has 2 N–H and O–H groups in total. The lowest BCUT2D eigenvalue weighted by Crippen LogP contribution is -2.21. The first kappa shape index (κ1) is 13.4. The first-order valence-electron chi connectivity index (χ1n) is 5.23. The minimum atomic E-state index is -1.13. The van der Waals surface area contributed by atoms with Crippen LogP contribution in [-0.4, -0.2) is 32.9 Å². The summed E-state index contributed by atoms with van der Waals surface area (Å²) in [4.78, 5) is 0. The zero-order valence-electron chi connectivity index (χ0n) is 9.64. The topological polar surface area (TPSA) is 57.5 Å². The molecule has 4 heteroatoms. The fraction of sp³-hybridized carbons (Fsp3) is 0.500. The van der Waals surface area contributed by atoms with Gasteiger partial charge in [0.05, 0.1) is 18.5 Å². The molecule has 3 nitrogen and oxygen atoms in total. The van der Waals surface area contributed by atoms with Crippen LogP contribution >= 0.6 is 0 Å². The number of benzene rings is 1. The van der Waals surface area contributed by atoms with Crippen molar-refractivity contribution in [1.29, 1.82) is 0 Å². The molecule has 1 rings (SSSR count). The fourth-order valence-electron chi connectivity index (χ4n) is 1.56. The zero-order valence-corrected chi connectivity index (χ0v) is 10.5. The number of hydrogen-bond acceptors (Lipinski definition) is 3. The van der Waals surface area contributed by atoms with Crippen LogP contribution in [0.15, 0.2) is 18.2 Å². The fourth-order valence-corrected chi connectivity index (χ4v) is 2.99. The molecule has 0 spiro atoms. The smallest absolute Gasteiger partial charge is 0.0885 e. The van der Waals surface area contributed by atoms with Crippen LogP contribution in [0.5, 0.6) is 0 Å². The van der Waals surface area contributed by atoms with Crippen LogP contribution in [0.25, 0.3) is 0 Å². The first-order valence-corrected chi connectivity index (χ1v) is 6.72. The van der Waals surface area contributed by atoms with Gasteiger partial charge in [-0.15, -0.1) is 0 Å². The van der Waals surface area contributed by atoms with Gasteiger partial charge in [0.1, 0.15) is 0 Å². The van der Waals surface area contributed by atoms with E-state index in [-0.39, 0.29) is 12.4 Å². The van der Waals surface area contributed by atoms with Gasteiger partial charge in [0.25, 0.3) is 0 Å². The van der Waals surface area contributed by atoms with Gasteiger partial charge in [0, 0.05) is 16.6 Å². The van der Waals surface area contributed by atoms with Gasteiger partial charge in [-0.05, 0) is 30.5 Å². The van der Waals surface area contributed by atoms with Crippen LogP contribution in [-0.2, 0) is 16.6 Å². The summed E-state index contributed by atoms with van der Waals surface area (Å²) in [6.45, 7) is 3.64. The van der Waals surface area contributed by atoms with Crippen molar-refractivity contribution in [2.45, 2.75) is 25.7 Å². The van der Waals surface area contributed by atoms with E-state index >= 15 is 0 Å². The van der Waals surface area contributed by atoms with Gasteiger partial charge in [-0.2, -0.15) is 0 Å². The van der Waals surface area contributed by atoms with Crippen LogP contribution in [0.3, 0.4) is 0 Å². The Morgan fingerprint density at radius 3 is 2.38 bits per heavy atom. The minimum absolute atomic E-state index is 0.129. The highest BCUT2D eigenvalue weighted by atomic mass is 32.2. The Kier molecular flexibility index (Phi) is 5.12. The molecule has 1 aromatic carbocycles. The van der Waals surface area contributed by atoms with Gasteiger partial charge < -0.3 is 10.2 Å². The average molecular weight is 242 g/mol. The van der Waals surface area contributed by atoms with E-state index in [0.717, 1.165) is 16.7 Å². The van der Waals surface area contributed by atoms with E-state index in [2.05, 4.69) is 0 Å². The molecule has 0 bridgehead atoms. The summed E-state index contributed by atoms with van der Waals surface area (Å²) in [5.74, 6) is 0.569. The molecule has 0 radical (unpaired) electrons. The molecule has 0 aromatic heterocycles. The quantitative estimate of drug-likeness (QED) is 0.807. The summed E-state index contributed by atoms with van der Waals surface area (Å²) in [6.07, 6.45) is -0.884. The number of rotatable bonds is 5. The monoisotopic (exact) mass is 242 g/mol. The number of aryl methyl sites for hydroxylation is 2. The maximum absolute atomic E-state index is 11.7. The molecule has 2 unspecified atom stereocenters. The minimum Gasteiger partial charge on any atom is -0.394 e. The number of aliphatic hydroxyl groups excluding tert-OH is 2. The van der Waals surface area contributed by atoms with Crippen molar-refractivity contribution in [2.24, 2.45) is 0 Å². The summed E-state index contributed by atoms with van der Waals surface area (Å²) in [7, 11) is -1.13. The number of hydrogen-bond donors (Lipinski definition) is 2. The lowest BCUT2D eigenvalue weighted by Gasteiger charge is -2.11. The van der Waals surface area contributed by atoms with Crippen LogP contribution in [0.2, 0.25) is 0 Å². The highest BCUT2D eigenvalue weighted by Crippen LogP contribution is 2.15. The molecular weight excluding hydrogens is 224 g/mol. The molecule has 0 amide bonds. The Morgan fingerprint density at radius 2 is 1.88 bits per heavy atom. The van der Waals surface area contributed by atoms with Gasteiger partial charge in [-0.25, -0.2) is 0 Å². The summed E-state index contributed by atoms with van der Waals surface area (Å²) in [6, 6.07) is 5.95. The van der Waals surface area contributed by atoms with E-state index in [9.17, 15) is 9.32 Å². The van der Waals surface area contributed by atoms with E-state index in [1.54, 1.807) is 0 Å². The second-order valence-corrected chi connectivity index (χ2v) is 5.46. The predicted octanol–water partition coefficient (Wildman–Crippen LogP) is 0.905. The van der Waals surface area contributed by atoms with Gasteiger partial charge in [-0.3, -0.25) is 4.21 Å². The maximum Gasteiger partial charge on any atom is 0.0885 e. The van der Waals surface area contributed by atoms with Crippen LogP contribution in [0, 0.1) is 13.8 Å². The van der Waals surface area contributed by atoms with E-state index in [4.69, 9.17) is 5.11 Å². The molecular formula is C12H18O3S.